The SMILES string of the molecule is CCCCCCCC1CCC(Cc2cc(Oc3cnc(CCCCCC)c(CC4CCC(CCCCCCC)CC4)c3)cnc2CCCCCC)CC1. The first-order valence-electron chi connectivity index (χ1n) is 23.7. The Kier molecular flexibility index (Phi) is 22.2. The normalized spacial score (nSPS) is 20.5. The van der Waals surface area contributed by atoms with E-state index in [1.807, 2.05) is 12.4 Å². The molecule has 2 saturated carbocycles. The average Bonchev–Trinajstić information content (AvgIpc) is 3.17. The molecule has 2 aliphatic rings. The standard InChI is InChI=1S/C50H84N2O/c1-5-9-13-17-19-23-41-27-31-43(32-28-41)35-45-37-47(39-51-49(45)25-21-15-11-7-3)53-48-38-46(50(52-40-48)26-22-16-12-8-4)36-44-33-29-42(30-34-44)24-20-18-14-10-6-2/h37-44H,5-36H2,1-4H3. The molecule has 2 fully saturated rings. The fourth-order valence-corrected chi connectivity index (χ4v) is 9.67. The van der Waals surface area contributed by atoms with E-state index in [1.54, 1.807) is 0 Å². The smallest absolute Gasteiger partial charge is 0.146 e. The van der Waals surface area contributed by atoms with Crippen molar-refractivity contribution >= 4 is 0 Å². The lowest BCUT2D eigenvalue weighted by Crippen LogP contribution is -2.17. The van der Waals surface area contributed by atoms with Crippen LogP contribution < -0.4 is 4.74 Å². The van der Waals surface area contributed by atoms with Crippen molar-refractivity contribution in [1.29, 1.82) is 0 Å². The second-order valence-electron chi connectivity index (χ2n) is 17.9. The molecular formula is C50H84N2O. The molecule has 300 valence electrons. The summed E-state index contributed by atoms with van der Waals surface area (Å²) in [5, 5.41) is 0. The molecule has 3 heteroatoms. The van der Waals surface area contributed by atoms with E-state index < -0.39 is 0 Å². The van der Waals surface area contributed by atoms with Crippen LogP contribution in [0.15, 0.2) is 24.5 Å². The molecule has 0 unspecified atom stereocenters. The summed E-state index contributed by atoms with van der Waals surface area (Å²) >= 11 is 0. The summed E-state index contributed by atoms with van der Waals surface area (Å²) in [6.45, 7) is 9.24. The van der Waals surface area contributed by atoms with E-state index in [0.29, 0.717) is 0 Å². The van der Waals surface area contributed by atoms with E-state index in [2.05, 4.69) is 39.8 Å². The molecule has 2 aromatic heterocycles. The largest absolute Gasteiger partial charge is 0.454 e. The summed E-state index contributed by atoms with van der Waals surface area (Å²) in [7, 11) is 0. The lowest BCUT2D eigenvalue weighted by Gasteiger charge is -2.29. The molecule has 53 heavy (non-hydrogen) atoms. The zero-order valence-corrected chi connectivity index (χ0v) is 35.5. The highest BCUT2D eigenvalue weighted by atomic mass is 16.5. The minimum absolute atomic E-state index is 0.786. The van der Waals surface area contributed by atoms with Crippen LogP contribution in [0.25, 0.3) is 0 Å². The van der Waals surface area contributed by atoms with Crippen molar-refractivity contribution in [3.8, 4) is 11.5 Å². The molecular weight excluding hydrogens is 645 g/mol. The number of nitrogens with zero attached hydrogens (tertiary/aromatic N) is 2. The molecule has 0 spiro atoms. The summed E-state index contributed by atoms with van der Waals surface area (Å²) in [6.07, 6.45) is 47.1. The maximum absolute atomic E-state index is 6.69. The Bertz CT molecular complexity index is 1110. The number of pyridine rings is 2. The monoisotopic (exact) mass is 729 g/mol. The Balaban J connectivity index is 1.39. The molecule has 3 nitrogen and oxygen atoms in total. The van der Waals surface area contributed by atoms with Gasteiger partial charge in [0.05, 0.1) is 12.4 Å². The van der Waals surface area contributed by atoms with E-state index in [0.717, 1.165) is 60.9 Å². The van der Waals surface area contributed by atoms with E-state index in [4.69, 9.17) is 14.7 Å². The predicted octanol–water partition coefficient (Wildman–Crippen LogP) is 15.9. The molecule has 0 amide bonds. The summed E-state index contributed by atoms with van der Waals surface area (Å²) in [6, 6.07) is 4.73. The van der Waals surface area contributed by atoms with Crippen LogP contribution in [-0.2, 0) is 25.7 Å². The number of hydrogen-bond acceptors (Lipinski definition) is 3. The number of hydrogen-bond donors (Lipinski definition) is 0. The highest BCUT2D eigenvalue weighted by Crippen LogP contribution is 2.37. The first kappa shape index (κ1) is 43.8. The van der Waals surface area contributed by atoms with Crippen LogP contribution in [0.4, 0.5) is 0 Å². The van der Waals surface area contributed by atoms with Crippen LogP contribution in [0.2, 0.25) is 0 Å². The third-order valence-electron chi connectivity index (χ3n) is 13.2. The van der Waals surface area contributed by atoms with Gasteiger partial charge in [-0.05, 0) is 111 Å². The first-order chi connectivity index (χ1) is 26.1. The van der Waals surface area contributed by atoms with Gasteiger partial charge in [-0.1, -0.05) is 169 Å². The van der Waals surface area contributed by atoms with Crippen molar-refractivity contribution in [2.45, 2.75) is 233 Å². The Labute approximate surface area is 329 Å². The van der Waals surface area contributed by atoms with Crippen molar-refractivity contribution < 1.29 is 4.74 Å². The van der Waals surface area contributed by atoms with E-state index in [-0.39, 0.29) is 0 Å². The van der Waals surface area contributed by atoms with Gasteiger partial charge >= 0.3 is 0 Å². The van der Waals surface area contributed by atoms with Gasteiger partial charge in [0.25, 0.3) is 0 Å². The van der Waals surface area contributed by atoms with Gasteiger partial charge in [-0.2, -0.15) is 0 Å². The Morgan fingerprint density at radius 1 is 0.434 bits per heavy atom. The fraction of sp³-hybridized carbons (Fsp3) is 0.800. The topological polar surface area (TPSA) is 35.0 Å². The quantitative estimate of drug-likeness (QED) is 0.0818. The number of aromatic nitrogens is 2. The van der Waals surface area contributed by atoms with Crippen LogP contribution in [0.3, 0.4) is 0 Å². The Morgan fingerprint density at radius 3 is 1.15 bits per heavy atom. The molecule has 0 N–H and O–H groups in total. The van der Waals surface area contributed by atoms with Crippen LogP contribution in [0.5, 0.6) is 11.5 Å². The van der Waals surface area contributed by atoms with Gasteiger partial charge < -0.3 is 4.74 Å². The maximum Gasteiger partial charge on any atom is 0.146 e. The number of unbranched alkanes of at least 4 members (excludes halogenated alkanes) is 14. The van der Waals surface area contributed by atoms with Crippen molar-refractivity contribution in [2.75, 3.05) is 0 Å². The van der Waals surface area contributed by atoms with Crippen LogP contribution in [0.1, 0.15) is 230 Å². The minimum atomic E-state index is 0.786. The minimum Gasteiger partial charge on any atom is -0.454 e. The van der Waals surface area contributed by atoms with Crippen molar-refractivity contribution in [1.82, 2.24) is 9.97 Å². The molecule has 0 bridgehead atoms. The lowest BCUT2D eigenvalue weighted by atomic mass is 9.77. The van der Waals surface area contributed by atoms with Crippen molar-refractivity contribution in [2.24, 2.45) is 23.7 Å². The Hall–Kier alpha value is -1.90. The summed E-state index contributed by atoms with van der Waals surface area (Å²) in [4.78, 5) is 10.2. The van der Waals surface area contributed by atoms with Gasteiger partial charge in [0, 0.05) is 11.4 Å². The third-order valence-corrected chi connectivity index (χ3v) is 13.2. The maximum atomic E-state index is 6.69. The fourth-order valence-electron chi connectivity index (χ4n) is 9.67. The summed E-state index contributed by atoms with van der Waals surface area (Å²) < 4.78 is 6.69. The van der Waals surface area contributed by atoms with Gasteiger partial charge in [-0.25, -0.2) is 0 Å². The van der Waals surface area contributed by atoms with Crippen molar-refractivity contribution in [3.63, 3.8) is 0 Å². The molecule has 0 aliphatic heterocycles. The van der Waals surface area contributed by atoms with Gasteiger partial charge in [0.2, 0.25) is 0 Å². The highest BCUT2D eigenvalue weighted by Gasteiger charge is 2.24. The second kappa shape index (κ2) is 26.8. The summed E-state index contributed by atoms with van der Waals surface area (Å²) in [5.41, 5.74) is 5.54. The number of aryl methyl sites for hydroxylation is 2. The molecule has 2 aliphatic carbocycles. The molecule has 0 aromatic carbocycles. The predicted molar refractivity (Wildman–Crippen MR) is 229 cm³/mol. The second-order valence-corrected chi connectivity index (χ2v) is 17.9. The van der Waals surface area contributed by atoms with Gasteiger partial charge in [-0.3, -0.25) is 9.97 Å². The van der Waals surface area contributed by atoms with Crippen LogP contribution in [0, 0.1) is 23.7 Å². The van der Waals surface area contributed by atoms with E-state index in [9.17, 15) is 0 Å². The molecule has 0 saturated heterocycles. The van der Waals surface area contributed by atoms with Crippen LogP contribution in [-0.4, -0.2) is 9.97 Å². The third kappa shape index (κ3) is 17.2. The zero-order chi connectivity index (χ0) is 37.4. The van der Waals surface area contributed by atoms with Gasteiger partial charge in [-0.15, -0.1) is 0 Å². The zero-order valence-electron chi connectivity index (χ0n) is 35.5. The summed E-state index contributed by atoms with van der Waals surface area (Å²) in [5.74, 6) is 5.30. The van der Waals surface area contributed by atoms with Crippen molar-refractivity contribution in [3.05, 3.63) is 47.0 Å². The Morgan fingerprint density at radius 2 is 0.774 bits per heavy atom. The van der Waals surface area contributed by atoms with E-state index >= 15 is 0 Å². The van der Waals surface area contributed by atoms with Gasteiger partial charge in [0.15, 0.2) is 0 Å². The molecule has 2 heterocycles. The van der Waals surface area contributed by atoms with E-state index in [1.165, 1.54) is 202 Å². The molecule has 0 atom stereocenters. The average molecular weight is 729 g/mol. The van der Waals surface area contributed by atoms with Crippen LogP contribution >= 0.6 is 0 Å². The molecule has 4 rings (SSSR count). The molecule has 2 aromatic rings. The number of rotatable bonds is 28. The first-order valence-corrected chi connectivity index (χ1v) is 23.7. The highest BCUT2D eigenvalue weighted by molar-refractivity contribution is 5.36. The number of ether oxygens (including phenoxy) is 1. The molecule has 0 radical (unpaired) electrons. The van der Waals surface area contributed by atoms with Gasteiger partial charge in [0.1, 0.15) is 11.5 Å². The lowest BCUT2D eigenvalue weighted by molar-refractivity contribution is 0.256.